The predicted octanol–water partition coefficient (Wildman–Crippen LogP) is 7.16. The Balaban J connectivity index is 1.35. The second-order valence-corrected chi connectivity index (χ2v) is 12.5. The molecular formula is C38H41ClN6O2. The number of nitriles is 1. The standard InChI is InChI=1S/C38H41ClN6O2/c1-25-19-29(34(39)20-30(25)24-45-17-5-4-7-26(45)2)11-13-36-33(21-40)32(14-15-42-36)31-8-6-9-35(27(31)3)44-38(47)37-12-10-28(23-43-37)22-41-16-18-46/h6,8-15,19-20,23,26,41,46H,4-5,7,16-18,22,24H2,1-3H3,(H,44,47)/b13-11+/t26-/m1/s1. The molecule has 1 fully saturated rings. The Morgan fingerprint density at radius 2 is 1.98 bits per heavy atom. The molecule has 2 aromatic heterocycles. The largest absolute Gasteiger partial charge is 0.395 e. The molecule has 3 heterocycles. The normalized spacial score (nSPS) is 15.1. The van der Waals surface area contributed by atoms with Gasteiger partial charge in [0.2, 0.25) is 0 Å². The molecule has 0 aliphatic carbocycles. The van der Waals surface area contributed by atoms with Crippen LogP contribution in [0.1, 0.15) is 75.7 Å². The summed E-state index contributed by atoms with van der Waals surface area (Å²) >= 11 is 6.77. The van der Waals surface area contributed by atoms with Crippen molar-refractivity contribution in [3.8, 4) is 17.2 Å². The van der Waals surface area contributed by atoms with Crippen molar-refractivity contribution in [2.75, 3.05) is 25.0 Å². The Morgan fingerprint density at radius 1 is 1.13 bits per heavy atom. The number of aliphatic hydroxyl groups is 1. The number of carbonyl (C=O) groups is 1. The maximum Gasteiger partial charge on any atom is 0.274 e. The Morgan fingerprint density at radius 3 is 2.72 bits per heavy atom. The van der Waals surface area contributed by atoms with Gasteiger partial charge in [-0.2, -0.15) is 5.26 Å². The SMILES string of the molecule is Cc1cc(/C=C/c2nccc(-c3cccc(NC(=O)c4ccc(CNCCO)cn4)c3C)c2C#N)c(Cl)cc1CN1CCCC[C@H]1C. The zero-order chi connectivity index (χ0) is 33.3. The molecule has 2 aromatic carbocycles. The van der Waals surface area contributed by atoms with Crippen LogP contribution in [0, 0.1) is 25.2 Å². The van der Waals surface area contributed by atoms with Gasteiger partial charge in [0.15, 0.2) is 0 Å². The molecular weight excluding hydrogens is 608 g/mol. The van der Waals surface area contributed by atoms with Crippen LogP contribution >= 0.6 is 11.6 Å². The highest BCUT2D eigenvalue weighted by Gasteiger charge is 2.20. The van der Waals surface area contributed by atoms with Crippen LogP contribution in [0.25, 0.3) is 23.3 Å². The summed E-state index contributed by atoms with van der Waals surface area (Å²) in [5, 5.41) is 25.9. The van der Waals surface area contributed by atoms with E-state index < -0.39 is 0 Å². The molecule has 242 valence electrons. The van der Waals surface area contributed by atoms with Crippen LogP contribution in [0.15, 0.2) is 60.9 Å². The average Bonchev–Trinajstić information content (AvgIpc) is 3.07. The van der Waals surface area contributed by atoms with Crippen molar-refractivity contribution in [2.45, 2.75) is 59.2 Å². The van der Waals surface area contributed by atoms with Crippen LogP contribution in [0.5, 0.6) is 0 Å². The van der Waals surface area contributed by atoms with Crippen molar-refractivity contribution >= 4 is 35.3 Å². The van der Waals surface area contributed by atoms with Crippen molar-refractivity contribution in [1.29, 1.82) is 5.26 Å². The van der Waals surface area contributed by atoms with Crippen LogP contribution < -0.4 is 10.6 Å². The van der Waals surface area contributed by atoms with E-state index in [-0.39, 0.29) is 18.2 Å². The lowest BCUT2D eigenvalue weighted by Gasteiger charge is -2.33. The number of hydrogen-bond donors (Lipinski definition) is 3. The molecule has 1 aliphatic heterocycles. The van der Waals surface area contributed by atoms with E-state index in [1.807, 2.05) is 49.4 Å². The Hall–Kier alpha value is -4.39. The smallest absolute Gasteiger partial charge is 0.274 e. The van der Waals surface area contributed by atoms with Crippen molar-refractivity contribution in [3.05, 3.63) is 111 Å². The second kappa shape index (κ2) is 15.9. The number of carbonyl (C=O) groups excluding carboxylic acids is 1. The summed E-state index contributed by atoms with van der Waals surface area (Å²) in [4.78, 5) is 24.4. The number of aliphatic hydroxyl groups excluding tert-OH is 1. The Labute approximate surface area is 282 Å². The molecule has 0 radical (unpaired) electrons. The van der Waals surface area contributed by atoms with E-state index in [1.165, 1.54) is 30.4 Å². The van der Waals surface area contributed by atoms with Gasteiger partial charge in [-0.05, 0) is 104 Å². The first kappa shape index (κ1) is 34.0. The average molecular weight is 649 g/mol. The summed E-state index contributed by atoms with van der Waals surface area (Å²) in [6.07, 6.45) is 10.9. The van der Waals surface area contributed by atoms with Gasteiger partial charge in [-0.15, -0.1) is 0 Å². The lowest BCUT2D eigenvalue weighted by atomic mass is 9.94. The molecule has 47 heavy (non-hydrogen) atoms. The number of pyridine rings is 2. The number of nitrogens with one attached hydrogen (secondary N) is 2. The molecule has 1 amide bonds. The Kier molecular flexibility index (Phi) is 11.5. The molecule has 4 aromatic rings. The van der Waals surface area contributed by atoms with Crippen molar-refractivity contribution in [2.24, 2.45) is 0 Å². The number of likely N-dealkylation sites (tertiary alicyclic amines) is 1. The maximum absolute atomic E-state index is 13.1. The fraction of sp³-hybridized carbons (Fsp3) is 0.316. The monoisotopic (exact) mass is 648 g/mol. The van der Waals surface area contributed by atoms with Gasteiger partial charge < -0.3 is 15.7 Å². The molecule has 5 rings (SSSR count). The summed E-state index contributed by atoms with van der Waals surface area (Å²) in [6, 6.07) is 18.0. The van der Waals surface area contributed by atoms with Crippen LogP contribution in [0.2, 0.25) is 5.02 Å². The van der Waals surface area contributed by atoms with Gasteiger partial charge in [-0.1, -0.05) is 48.4 Å². The van der Waals surface area contributed by atoms with Gasteiger partial charge in [-0.25, -0.2) is 0 Å². The van der Waals surface area contributed by atoms with Gasteiger partial charge in [-0.3, -0.25) is 19.7 Å². The minimum Gasteiger partial charge on any atom is -0.395 e. The highest BCUT2D eigenvalue weighted by atomic mass is 35.5. The number of halogens is 1. The lowest BCUT2D eigenvalue weighted by molar-refractivity contribution is 0.102. The summed E-state index contributed by atoms with van der Waals surface area (Å²) in [7, 11) is 0. The topological polar surface area (TPSA) is 114 Å². The molecule has 0 spiro atoms. The van der Waals surface area contributed by atoms with Gasteiger partial charge in [0.05, 0.1) is 17.9 Å². The van der Waals surface area contributed by atoms with Crippen molar-refractivity contribution in [1.82, 2.24) is 20.2 Å². The fourth-order valence-corrected chi connectivity index (χ4v) is 6.24. The first-order valence-corrected chi connectivity index (χ1v) is 16.4. The van der Waals surface area contributed by atoms with Crippen LogP contribution in [0.4, 0.5) is 5.69 Å². The van der Waals surface area contributed by atoms with Gasteiger partial charge in [0, 0.05) is 54.3 Å². The van der Waals surface area contributed by atoms with Crippen LogP contribution in [-0.4, -0.2) is 51.6 Å². The van der Waals surface area contributed by atoms with Crippen LogP contribution in [-0.2, 0) is 13.1 Å². The molecule has 0 saturated carbocycles. The highest BCUT2D eigenvalue weighted by Crippen LogP contribution is 2.33. The molecule has 3 N–H and O–H groups in total. The van der Waals surface area contributed by atoms with E-state index in [1.54, 1.807) is 18.5 Å². The van der Waals surface area contributed by atoms with E-state index in [2.05, 4.69) is 57.6 Å². The van der Waals surface area contributed by atoms with Gasteiger partial charge in [0.1, 0.15) is 11.8 Å². The minimum atomic E-state index is -0.331. The van der Waals surface area contributed by atoms with E-state index in [4.69, 9.17) is 16.7 Å². The zero-order valence-electron chi connectivity index (χ0n) is 27.2. The number of amides is 1. The molecule has 9 heteroatoms. The molecule has 1 atom stereocenters. The maximum atomic E-state index is 13.1. The van der Waals surface area contributed by atoms with Gasteiger partial charge in [0.25, 0.3) is 5.91 Å². The number of aryl methyl sites for hydroxylation is 1. The summed E-state index contributed by atoms with van der Waals surface area (Å²) in [5.74, 6) is -0.331. The third kappa shape index (κ3) is 8.31. The molecule has 8 nitrogen and oxygen atoms in total. The quantitative estimate of drug-likeness (QED) is 0.148. The van der Waals surface area contributed by atoms with Crippen molar-refractivity contribution in [3.63, 3.8) is 0 Å². The molecule has 1 saturated heterocycles. The third-order valence-corrected chi connectivity index (χ3v) is 9.16. The number of aromatic nitrogens is 2. The first-order valence-electron chi connectivity index (χ1n) is 16.1. The third-order valence-electron chi connectivity index (χ3n) is 8.83. The first-order chi connectivity index (χ1) is 22.8. The fourth-order valence-electron chi connectivity index (χ4n) is 5.99. The zero-order valence-corrected chi connectivity index (χ0v) is 27.9. The summed E-state index contributed by atoms with van der Waals surface area (Å²) < 4.78 is 0. The second-order valence-electron chi connectivity index (χ2n) is 12.1. The highest BCUT2D eigenvalue weighted by molar-refractivity contribution is 6.32. The van der Waals surface area contributed by atoms with E-state index in [9.17, 15) is 10.1 Å². The predicted molar refractivity (Wildman–Crippen MR) is 189 cm³/mol. The molecule has 0 bridgehead atoms. The molecule has 0 unspecified atom stereocenters. The van der Waals surface area contributed by atoms with Crippen LogP contribution in [0.3, 0.4) is 0 Å². The number of anilines is 1. The minimum absolute atomic E-state index is 0.0569. The van der Waals surface area contributed by atoms with E-state index in [0.29, 0.717) is 41.1 Å². The molecule has 1 aliphatic rings. The van der Waals surface area contributed by atoms with E-state index in [0.717, 1.165) is 40.9 Å². The number of nitrogens with zero attached hydrogens (tertiary/aromatic N) is 4. The number of rotatable bonds is 11. The van der Waals surface area contributed by atoms with Gasteiger partial charge >= 0.3 is 0 Å². The lowest BCUT2D eigenvalue weighted by Crippen LogP contribution is -2.36. The summed E-state index contributed by atoms with van der Waals surface area (Å²) in [5.41, 5.74) is 8.46. The number of hydrogen-bond acceptors (Lipinski definition) is 7. The van der Waals surface area contributed by atoms with Crippen molar-refractivity contribution < 1.29 is 9.90 Å². The number of benzene rings is 2. The van der Waals surface area contributed by atoms with E-state index >= 15 is 0 Å². The summed E-state index contributed by atoms with van der Waals surface area (Å²) in [6.45, 7) is 9.44. The number of piperidine rings is 1. The Bertz CT molecular complexity index is 1800.